The average Bonchev–Trinajstić information content (AvgIpc) is 2.78. The molecule has 6 nitrogen and oxygen atoms in total. The monoisotopic (exact) mass is 626 g/mol. The van der Waals surface area contributed by atoms with Crippen LogP contribution in [0.5, 0.6) is 5.75 Å². The van der Waals surface area contributed by atoms with Gasteiger partial charge >= 0.3 is 6.03 Å². The van der Waals surface area contributed by atoms with Gasteiger partial charge in [-0.15, -0.1) is 0 Å². The lowest BCUT2D eigenvalue weighted by molar-refractivity contribution is -0.122. The molecule has 10 heteroatoms. The molecular weight excluding hydrogens is 614 g/mol. The summed E-state index contributed by atoms with van der Waals surface area (Å²) in [6, 6.07) is 16.0. The number of nitrogens with zero attached hydrogens (tertiary/aromatic N) is 1. The number of rotatable bonds is 5. The van der Waals surface area contributed by atoms with Crippen LogP contribution in [0.25, 0.3) is 6.08 Å². The maximum Gasteiger partial charge on any atom is 0.335 e. The van der Waals surface area contributed by atoms with E-state index >= 15 is 0 Å². The molecule has 1 aliphatic rings. The zero-order valence-corrected chi connectivity index (χ0v) is 21.6. The van der Waals surface area contributed by atoms with E-state index in [-0.39, 0.29) is 33.7 Å². The second-order valence-corrected chi connectivity index (χ2v) is 9.66. The number of urea groups is 1. The van der Waals surface area contributed by atoms with E-state index in [0.717, 1.165) is 14.0 Å². The molecule has 4 amide bonds. The van der Waals surface area contributed by atoms with Crippen molar-refractivity contribution in [1.29, 1.82) is 0 Å². The Morgan fingerprint density at radius 1 is 0.912 bits per heavy atom. The molecule has 3 aromatic carbocycles. The van der Waals surface area contributed by atoms with E-state index < -0.39 is 17.8 Å². The number of ether oxygens (including phenoxy) is 1. The molecule has 1 aliphatic heterocycles. The predicted octanol–water partition coefficient (Wildman–Crippen LogP) is 6.50. The highest BCUT2D eigenvalue weighted by atomic mass is 127. The van der Waals surface area contributed by atoms with Crippen LogP contribution >= 0.6 is 57.4 Å². The molecule has 0 atom stereocenters. The fourth-order valence-electron chi connectivity index (χ4n) is 3.19. The van der Waals surface area contributed by atoms with Crippen LogP contribution in [0.15, 0.2) is 66.2 Å². The van der Waals surface area contributed by atoms with Crippen LogP contribution in [0.1, 0.15) is 11.1 Å². The van der Waals surface area contributed by atoms with E-state index in [2.05, 4.69) is 27.9 Å². The summed E-state index contributed by atoms with van der Waals surface area (Å²) in [6.45, 7) is 0.260. The van der Waals surface area contributed by atoms with Gasteiger partial charge in [0.25, 0.3) is 11.8 Å². The van der Waals surface area contributed by atoms with Crippen molar-refractivity contribution >= 4 is 87.0 Å². The number of barbiturate groups is 1. The van der Waals surface area contributed by atoms with E-state index in [0.29, 0.717) is 10.6 Å². The SMILES string of the molecule is O=C1NC(=O)N(c2ccc(Cl)cc2)C(=O)/C1=C/c1cc(Cl)c(OCc2ccc(I)cc2)c(Cl)c1. The molecule has 0 aromatic heterocycles. The fourth-order valence-corrected chi connectivity index (χ4v) is 4.28. The van der Waals surface area contributed by atoms with Gasteiger partial charge in [-0.25, -0.2) is 9.69 Å². The molecule has 0 spiro atoms. The highest BCUT2D eigenvalue weighted by molar-refractivity contribution is 14.1. The van der Waals surface area contributed by atoms with Crippen LogP contribution in [0, 0.1) is 3.57 Å². The zero-order valence-electron chi connectivity index (χ0n) is 17.2. The molecule has 34 heavy (non-hydrogen) atoms. The van der Waals surface area contributed by atoms with Crippen LogP contribution in [0.3, 0.4) is 0 Å². The van der Waals surface area contributed by atoms with E-state index in [1.807, 2.05) is 24.3 Å². The van der Waals surface area contributed by atoms with Crippen molar-refractivity contribution in [3.05, 3.63) is 96.0 Å². The third-order valence-corrected chi connectivity index (χ3v) is 6.35. The summed E-state index contributed by atoms with van der Waals surface area (Å²) >= 11 is 20.9. The first-order chi connectivity index (χ1) is 16.2. The molecular formula is C24H14Cl3IN2O4. The Morgan fingerprint density at radius 3 is 2.15 bits per heavy atom. The van der Waals surface area contributed by atoms with Crippen molar-refractivity contribution in [2.24, 2.45) is 0 Å². The minimum absolute atomic E-state index is 0.208. The topological polar surface area (TPSA) is 75.7 Å². The standard InChI is InChI=1S/C24H14Cl3IN2O4/c25-15-3-7-17(8-4-15)30-23(32)18(22(31)29-24(30)33)9-14-10-19(26)21(20(27)11-14)34-12-13-1-5-16(28)6-2-13/h1-11H,12H2,(H,29,31,33)/b18-9+. The molecule has 1 fully saturated rings. The number of carbonyl (C=O) groups is 3. The number of amides is 4. The lowest BCUT2D eigenvalue weighted by atomic mass is 10.1. The zero-order chi connectivity index (χ0) is 24.4. The number of hydrogen-bond acceptors (Lipinski definition) is 4. The van der Waals surface area contributed by atoms with E-state index in [4.69, 9.17) is 39.5 Å². The number of carbonyl (C=O) groups excluding carboxylic acids is 3. The number of anilines is 1. The van der Waals surface area contributed by atoms with Crippen LogP contribution in [0.4, 0.5) is 10.5 Å². The van der Waals surface area contributed by atoms with Gasteiger partial charge < -0.3 is 4.74 Å². The van der Waals surface area contributed by atoms with Gasteiger partial charge in [-0.05, 0) is 88.3 Å². The van der Waals surface area contributed by atoms with Gasteiger partial charge in [-0.2, -0.15) is 0 Å². The smallest absolute Gasteiger partial charge is 0.335 e. The summed E-state index contributed by atoms with van der Waals surface area (Å²) < 4.78 is 6.89. The third-order valence-electron chi connectivity index (χ3n) is 4.81. The Balaban J connectivity index is 1.60. The lowest BCUT2D eigenvalue weighted by Crippen LogP contribution is -2.54. The first-order valence-corrected chi connectivity index (χ1v) is 12.0. The number of benzene rings is 3. The van der Waals surface area contributed by atoms with Gasteiger partial charge in [0.15, 0.2) is 5.75 Å². The van der Waals surface area contributed by atoms with Crippen LogP contribution in [-0.2, 0) is 16.2 Å². The van der Waals surface area contributed by atoms with E-state index in [1.54, 1.807) is 0 Å². The fraction of sp³-hybridized carbons (Fsp3) is 0.0417. The van der Waals surface area contributed by atoms with E-state index in [9.17, 15) is 14.4 Å². The van der Waals surface area contributed by atoms with Crippen molar-refractivity contribution in [2.45, 2.75) is 6.61 Å². The lowest BCUT2D eigenvalue weighted by Gasteiger charge is -2.26. The summed E-state index contributed by atoms with van der Waals surface area (Å²) in [5.74, 6) is -1.34. The van der Waals surface area contributed by atoms with Gasteiger partial charge in [0.2, 0.25) is 0 Å². The summed E-state index contributed by atoms with van der Waals surface area (Å²) in [4.78, 5) is 38.6. The Bertz CT molecular complexity index is 1300. The first kappa shape index (κ1) is 24.5. The Morgan fingerprint density at radius 2 is 1.53 bits per heavy atom. The molecule has 1 saturated heterocycles. The number of imide groups is 2. The number of halogens is 4. The minimum atomic E-state index is -0.857. The third kappa shape index (κ3) is 5.38. The predicted molar refractivity (Wildman–Crippen MR) is 140 cm³/mol. The molecule has 0 radical (unpaired) electrons. The summed E-state index contributed by atoms with van der Waals surface area (Å²) in [5.41, 5.74) is 1.34. The van der Waals surface area contributed by atoms with Crippen molar-refractivity contribution < 1.29 is 19.1 Å². The van der Waals surface area contributed by atoms with Crippen molar-refractivity contribution in [1.82, 2.24) is 5.32 Å². The van der Waals surface area contributed by atoms with Crippen LogP contribution < -0.4 is 15.0 Å². The second-order valence-electron chi connectivity index (χ2n) is 7.16. The molecule has 0 saturated carbocycles. The minimum Gasteiger partial charge on any atom is -0.486 e. The molecule has 0 bridgehead atoms. The van der Waals surface area contributed by atoms with Crippen molar-refractivity contribution in [3.8, 4) is 5.75 Å². The van der Waals surface area contributed by atoms with Crippen LogP contribution in [-0.4, -0.2) is 17.8 Å². The normalized spacial score (nSPS) is 15.0. The highest BCUT2D eigenvalue weighted by Gasteiger charge is 2.36. The molecule has 1 N–H and O–H groups in total. The van der Waals surface area contributed by atoms with Crippen molar-refractivity contribution in [2.75, 3.05) is 4.90 Å². The Labute approximate surface area is 223 Å². The molecule has 3 aromatic rings. The summed E-state index contributed by atoms with van der Waals surface area (Å²) in [7, 11) is 0. The molecule has 0 aliphatic carbocycles. The van der Waals surface area contributed by atoms with Gasteiger partial charge in [0.05, 0.1) is 15.7 Å². The molecule has 0 unspecified atom stereocenters. The Hall–Kier alpha value is -2.59. The molecule has 172 valence electrons. The first-order valence-electron chi connectivity index (χ1n) is 9.76. The van der Waals surface area contributed by atoms with Gasteiger partial charge in [-0.1, -0.05) is 46.9 Å². The number of hydrogen-bond donors (Lipinski definition) is 1. The molecule has 1 heterocycles. The highest BCUT2D eigenvalue weighted by Crippen LogP contribution is 2.36. The van der Waals surface area contributed by atoms with Gasteiger partial charge in [0, 0.05) is 8.59 Å². The van der Waals surface area contributed by atoms with E-state index in [1.165, 1.54) is 42.5 Å². The summed E-state index contributed by atoms with van der Waals surface area (Å²) in [6.07, 6.45) is 1.31. The largest absolute Gasteiger partial charge is 0.486 e. The second kappa shape index (κ2) is 10.4. The maximum absolute atomic E-state index is 13.0. The van der Waals surface area contributed by atoms with Gasteiger partial charge in [0.1, 0.15) is 12.2 Å². The number of nitrogens with one attached hydrogen (secondary N) is 1. The summed E-state index contributed by atoms with van der Waals surface area (Å²) in [5, 5.41) is 3.02. The maximum atomic E-state index is 13.0. The quantitative estimate of drug-likeness (QED) is 0.199. The van der Waals surface area contributed by atoms with Gasteiger partial charge in [-0.3, -0.25) is 14.9 Å². The Kier molecular flexibility index (Phi) is 7.47. The van der Waals surface area contributed by atoms with Crippen molar-refractivity contribution in [3.63, 3.8) is 0 Å². The average molecular weight is 628 g/mol. The van der Waals surface area contributed by atoms with Crippen LogP contribution in [0.2, 0.25) is 15.1 Å². The molecule has 4 rings (SSSR count).